The van der Waals surface area contributed by atoms with E-state index in [-0.39, 0.29) is 6.10 Å². The largest absolute Gasteiger partial charge is 0.393 e. The Hall–Kier alpha value is -0.380. The summed E-state index contributed by atoms with van der Waals surface area (Å²) in [5.74, 6) is 0.446. The Balaban J connectivity index is 1.87. The van der Waals surface area contributed by atoms with E-state index < -0.39 is 0 Å². The van der Waals surface area contributed by atoms with Gasteiger partial charge in [0.1, 0.15) is 0 Å². The van der Waals surface area contributed by atoms with Crippen LogP contribution in [-0.4, -0.2) is 17.8 Å². The van der Waals surface area contributed by atoms with E-state index in [1.54, 1.807) is 0 Å². The summed E-state index contributed by atoms with van der Waals surface area (Å²) in [6.45, 7) is 7.53. The Morgan fingerprint density at radius 2 is 2.11 bits per heavy atom. The standard InChI is InChI=1S/C15H25NOS/c1-10-8-14(12(3)18-10)11(2)16-9-13-6-4-5-7-15(13)17/h8,11,13,15-17H,4-7,9H2,1-3H3. The van der Waals surface area contributed by atoms with Gasteiger partial charge in [0.05, 0.1) is 6.10 Å². The van der Waals surface area contributed by atoms with Crippen molar-refractivity contribution in [1.29, 1.82) is 0 Å². The van der Waals surface area contributed by atoms with Crippen LogP contribution in [0.1, 0.15) is 54.0 Å². The van der Waals surface area contributed by atoms with Crippen molar-refractivity contribution in [3.63, 3.8) is 0 Å². The van der Waals surface area contributed by atoms with Gasteiger partial charge in [0, 0.05) is 22.3 Å². The molecule has 3 heteroatoms. The van der Waals surface area contributed by atoms with Crippen LogP contribution >= 0.6 is 11.3 Å². The first-order chi connectivity index (χ1) is 8.58. The van der Waals surface area contributed by atoms with Gasteiger partial charge in [-0.1, -0.05) is 12.8 Å². The molecular weight excluding hydrogens is 242 g/mol. The predicted octanol–water partition coefficient (Wildman–Crippen LogP) is 3.57. The Morgan fingerprint density at radius 3 is 2.72 bits per heavy atom. The van der Waals surface area contributed by atoms with Gasteiger partial charge in [-0.05, 0) is 51.2 Å². The number of hydrogen-bond donors (Lipinski definition) is 2. The van der Waals surface area contributed by atoms with Gasteiger partial charge in [0.2, 0.25) is 0 Å². The van der Waals surface area contributed by atoms with Crippen LogP contribution in [0, 0.1) is 19.8 Å². The number of aliphatic hydroxyl groups excluding tert-OH is 1. The quantitative estimate of drug-likeness (QED) is 0.874. The second-order valence-corrected chi connectivity index (χ2v) is 7.07. The third-order valence-corrected chi connectivity index (χ3v) is 5.08. The zero-order chi connectivity index (χ0) is 13.1. The van der Waals surface area contributed by atoms with E-state index in [2.05, 4.69) is 32.2 Å². The maximum Gasteiger partial charge on any atom is 0.0580 e. The Morgan fingerprint density at radius 1 is 1.39 bits per heavy atom. The molecule has 0 saturated heterocycles. The lowest BCUT2D eigenvalue weighted by Crippen LogP contribution is -2.34. The van der Waals surface area contributed by atoms with Gasteiger partial charge in [-0.2, -0.15) is 0 Å². The summed E-state index contributed by atoms with van der Waals surface area (Å²) in [7, 11) is 0. The zero-order valence-electron chi connectivity index (χ0n) is 11.7. The minimum Gasteiger partial charge on any atom is -0.393 e. The van der Waals surface area contributed by atoms with Crippen molar-refractivity contribution in [2.45, 2.75) is 58.6 Å². The minimum atomic E-state index is -0.0937. The Kier molecular flexibility index (Phi) is 4.82. The molecule has 3 atom stereocenters. The SMILES string of the molecule is Cc1cc(C(C)NCC2CCCCC2O)c(C)s1. The molecule has 1 aliphatic rings. The fourth-order valence-electron chi connectivity index (χ4n) is 2.94. The van der Waals surface area contributed by atoms with Crippen molar-refractivity contribution in [3.05, 3.63) is 21.4 Å². The smallest absolute Gasteiger partial charge is 0.0580 e. The summed E-state index contributed by atoms with van der Waals surface area (Å²) >= 11 is 1.87. The molecule has 0 aromatic carbocycles. The van der Waals surface area contributed by atoms with E-state index in [0.29, 0.717) is 12.0 Å². The van der Waals surface area contributed by atoms with Crippen LogP contribution in [0.5, 0.6) is 0 Å². The molecule has 1 aliphatic carbocycles. The second kappa shape index (κ2) is 6.18. The van der Waals surface area contributed by atoms with Crippen molar-refractivity contribution in [3.8, 4) is 0 Å². The summed E-state index contributed by atoms with van der Waals surface area (Å²) in [6.07, 6.45) is 4.52. The van der Waals surface area contributed by atoms with E-state index in [9.17, 15) is 5.11 Å². The van der Waals surface area contributed by atoms with Crippen molar-refractivity contribution in [1.82, 2.24) is 5.32 Å². The molecular formula is C15H25NOS. The molecule has 3 unspecified atom stereocenters. The van der Waals surface area contributed by atoms with Gasteiger partial charge in [-0.15, -0.1) is 11.3 Å². The molecule has 1 fully saturated rings. The number of hydrogen-bond acceptors (Lipinski definition) is 3. The van der Waals surface area contributed by atoms with Gasteiger partial charge < -0.3 is 10.4 Å². The topological polar surface area (TPSA) is 32.3 Å². The van der Waals surface area contributed by atoms with E-state index in [4.69, 9.17) is 0 Å². The Bertz CT molecular complexity index is 388. The van der Waals surface area contributed by atoms with Gasteiger partial charge in [0.25, 0.3) is 0 Å². The predicted molar refractivity (Wildman–Crippen MR) is 78.2 cm³/mol. The number of nitrogens with one attached hydrogen (secondary N) is 1. The molecule has 0 aliphatic heterocycles. The number of rotatable bonds is 4. The maximum absolute atomic E-state index is 9.97. The molecule has 2 N–H and O–H groups in total. The molecule has 1 heterocycles. The van der Waals surface area contributed by atoms with Gasteiger partial charge in [-0.3, -0.25) is 0 Å². The fourth-order valence-corrected chi connectivity index (χ4v) is 3.97. The van der Waals surface area contributed by atoms with Crippen LogP contribution in [0.15, 0.2) is 6.07 Å². The van der Waals surface area contributed by atoms with Crippen LogP contribution in [0.25, 0.3) is 0 Å². The van der Waals surface area contributed by atoms with E-state index in [1.165, 1.54) is 34.6 Å². The first kappa shape index (κ1) is 14.0. The average Bonchev–Trinajstić information content (AvgIpc) is 2.67. The maximum atomic E-state index is 9.97. The molecule has 102 valence electrons. The fraction of sp³-hybridized carbons (Fsp3) is 0.733. The van der Waals surface area contributed by atoms with E-state index in [0.717, 1.165) is 13.0 Å². The molecule has 0 spiro atoms. The second-order valence-electron chi connectivity index (χ2n) is 5.61. The third kappa shape index (κ3) is 3.34. The van der Waals surface area contributed by atoms with Crippen LogP contribution in [-0.2, 0) is 0 Å². The highest BCUT2D eigenvalue weighted by Crippen LogP contribution is 2.28. The molecule has 1 aromatic rings. The minimum absolute atomic E-state index is 0.0937. The molecule has 2 nitrogen and oxygen atoms in total. The molecule has 2 rings (SSSR count). The molecule has 0 bridgehead atoms. The highest BCUT2D eigenvalue weighted by Gasteiger charge is 2.23. The van der Waals surface area contributed by atoms with Crippen molar-refractivity contribution in [2.24, 2.45) is 5.92 Å². The molecule has 1 aromatic heterocycles. The van der Waals surface area contributed by atoms with Crippen LogP contribution in [0.4, 0.5) is 0 Å². The lowest BCUT2D eigenvalue weighted by Gasteiger charge is -2.29. The van der Waals surface area contributed by atoms with Gasteiger partial charge in [-0.25, -0.2) is 0 Å². The third-order valence-electron chi connectivity index (χ3n) is 4.10. The average molecular weight is 267 g/mol. The molecule has 1 saturated carbocycles. The van der Waals surface area contributed by atoms with E-state index >= 15 is 0 Å². The van der Waals surface area contributed by atoms with Gasteiger partial charge in [0.15, 0.2) is 0 Å². The molecule has 0 radical (unpaired) electrons. The summed E-state index contributed by atoms with van der Waals surface area (Å²) in [6, 6.07) is 2.68. The first-order valence-electron chi connectivity index (χ1n) is 7.06. The van der Waals surface area contributed by atoms with Crippen LogP contribution < -0.4 is 5.32 Å². The van der Waals surface area contributed by atoms with Crippen LogP contribution in [0.2, 0.25) is 0 Å². The van der Waals surface area contributed by atoms with Gasteiger partial charge >= 0.3 is 0 Å². The number of aliphatic hydroxyl groups is 1. The summed E-state index contributed by atoms with van der Waals surface area (Å²) in [5.41, 5.74) is 1.42. The summed E-state index contributed by atoms with van der Waals surface area (Å²) < 4.78 is 0. The Labute approximate surface area is 114 Å². The number of aryl methyl sites for hydroxylation is 2. The summed E-state index contributed by atoms with van der Waals surface area (Å²) in [4.78, 5) is 2.80. The lowest BCUT2D eigenvalue weighted by molar-refractivity contribution is 0.0684. The van der Waals surface area contributed by atoms with E-state index in [1.807, 2.05) is 11.3 Å². The van der Waals surface area contributed by atoms with Crippen molar-refractivity contribution >= 4 is 11.3 Å². The molecule has 0 amide bonds. The lowest BCUT2D eigenvalue weighted by atomic mass is 9.86. The monoisotopic (exact) mass is 267 g/mol. The van der Waals surface area contributed by atoms with Crippen LogP contribution in [0.3, 0.4) is 0 Å². The highest BCUT2D eigenvalue weighted by atomic mass is 32.1. The number of thiophene rings is 1. The highest BCUT2D eigenvalue weighted by molar-refractivity contribution is 7.12. The molecule has 18 heavy (non-hydrogen) atoms. The first-order valence-corrected chi connectivity index (χ1v) is 7.88. The normalized spacial score (nSPS) is 26.2. The van der Waals surface area contributed by atoms with Crippen molar-refractivity contribution < 1.29 is 5.11 Å². The van der Waals surface area contributed by atoms with Crippen molar-refractivity contribution in [2.75, 3.05) is 6.54 Å². The zero-order valence-corrected chi connectivity index (χ0v) is 12.5. The summed E-state index contributed by atoms with van der Waals surface area (Å²) in [5, 5.41) is 13.6.